The molecule has 1 heterocycles. The number of anilines is 1. The van der Waals surface area contributed by atoms with Crippen molar-refractivity contribution < 1.29 is 9.53 Å². The molecule has 1 unspecified atom stereocenters. The van der Waals surface area contributed by atoms with Crippen molar-refractivity contribution >= 4 is 11.6 Å². The molecule has 0 bridgehead atoms. The van der Waals surface area contributed by atoms with Gasteiger partial charge in [-0.05, 0) is 37.7 Å². The third kappa shape index (κ3) is 4.36. The zero-order valence-corrected chi connectivity index (χ0v) is 12.9. The number of nitrogen functional groups attached to an aromatic ring is 1. The standard InChI is InChI=1S/C16H25N3O2/c1-3-14-12-19(10-9-18(14)2)16(20)8-11-21-15-6-4-13(17)5-7-15/h4-7,14H,3,8-12,17H2,1-2H3. The number of carbonyl (C=O) groups excluding carboxylic acids is 1. The molecule has 5 heteroatoms. The number of nitrogens with zero attached hydrogens (tertiary/aromatic N) is 2. The maximum Gasteiger partial charge on any atom is 0.226 e. The van der Waals surface area contributed by atoms with Crippen LogP contribution in [0.5, 0.6) is 5.75 Å². The average Bonchev–Trinajstić information content (AvgIpc) is 2.49. The largest absolute Gasteiger partial charge is 0.493 e. The van der Waals surface area contributed by atoms with E-state index in [-0.39, 0.29) is 5.91 Å². The van der Waals surface area contributed by atoms with Crippen LogP contribution in [0.2, 0.25) is 0 Å². The molecule has 1 atom stereocenters. The highest BCUT2D eigenvalue weighted by molar-refractivity contribution is 5.76. The molecule has 0 aromatic heterocycles. The second-order valence-corrected chi connectivity index (χ2v) is 5.55. The summed E-state index contributed by atoms with van der Waals surface area (Å²) in [6.45, 7) is 5.16. The number of piperazine rings is 1. The number of likely N-dealkylation sites (N-methyl/N-ethyl adjacent to an activating group) is 1. The molecule has 0 spiro atoms. The predicted molar refractivity (Wildman–Crippen MR) is 84.3 cm³/mol. The molecule has 1 saturated heterocycles. The van der Waals surface area contributed by atoms with E-state index in [1.807, 2.05) is 17.0 Å². The molecule has 1 aliphatic rings. The van der Waals surface area contributed by atoms with Crippen molar-refractivity contribution in [1.82, 2.24) is 9.80 Å². The molecular formula is C16H25N3O2. The summed E-state index contributed by atoms with van der Waals surface area (Å²) in [5.41, 5.74) is 6.33. The molecule has 0 radical (unpaired) electrons. The van der Waals surface area contributed by atoms with Crippen LogP contribution in [0.15, 0.2) is 24.3 Å². The van der Waals surface area contributed by atoms with E-state index in [4.69, 9.17) is 10.5 Å². The fraction of sp³-hybridized carbons (Fsp3) is 0.562. The molecule has 1 amide bonds. The first kappa shape index (κ1) is 15.6. The van der Waals surface area contributed by atoms with Gasteiger partial charge in [0.05, 0.1) is 13.0 Å². The van der Waals surface area contributed by atoms with Gasteiger partial charge in [-0.1, -0.05) is 6.92 Å². The van der Waals surface area contributed by atoms with Crippen molar-refractivity contribution in [2.75, 3.05) is 39.0 Å². The molecule has 5 nitrogen and oxygen atoms in total. The summed E-state index contributed by atoms with van der Waals surface area (Å²) in [5, 5.41) is 0. The van der Waals surface area contributed by atoms with Gasteiger partial charge in [0.15, 0.2) is 0 Å². The number of hydrogen-bond donors (Lipinski definition) is 1. The molecule has 21 heavy (non-hydrogen) atoms. The fourth-order valence-electron chi connectivity index (χ4n) is 2.59. The molecule has 1 aliphatic heterocycles. The fourth-order valence-corrected chi connectivity index (χ4v) is 2.59. The Morgan fingerprint density at radius 2 is 2.05 bits per heavy atom. The zero-order chi connectivity index (χ0) is 15.2. The van der Waals surface area contributed by atoms with Crippen molar-refractivity contribution in [3.63, 3.8) is 0 Å². The molecule has 2 rings (SSSR count). The Balaban J connectivity index is 1.75. The van der Waals surface area contributed by atoms with Crippen LogP contribution in [0.4, 0.5) is 5.69 Å². The van der Waals surface area contributed by atoms with Gasteiger partial charge in [-0.3, -0.25) is 9.69 Å². The summed E-state index contributed by atoms with van der Waals surface area (Å²) in [7, 11) is 2.13. The van der Waals surface area contributed by atoms with E-state index in [2.05, 4.69) is 18.9 Å². The summed E-state index contributed by atoms with van der Waals surface area (Å²) >= 11 is 0. The van der Waals surface area contributed by atoms with Crippen molar-refractivity contribution in [3.8, 4) is 5.75 Å². The normalized spacial score (nSPS) is 19.5. The van der Waals surface area contributed by atoms with E-state index < -0.39 is 0 Å². The molecule has 1 aromatic rings. The maximum absolute atomic E-state index is 12.2. The molecule has 0 saturated carbocycles. The number of benzene rings is 1. The van der Waals surface area contributed by atoms with Gasteiger partial charge in [-0.15, -0.1) is 0 Å². The Bertz CT molecular complexity index is 461. The minimum absolute atomic E-state index is 0.178. The van der Waals surface area contributed by atoms with Gasteiger partial charge in [0, 0.05) is 31.4 Å². The Hall–Kier alpha value is -1.75. The highest BCUT2D eigenvalue weighted by Crippen LogP contribution is 2.14. The van der Waals surface area contributed by atoms with E-state index in [1.54, 1.807) is 12.1 Å². The van der Waals surface area contributed by atoms with Crippen LogP contribution < -0.4 is 10.5 Å². The lowest BCUT2D eigenvalue weighted by Gasteiger charge is -2.39. The second-order valence-electron chi connectivity index (χ2n) is 5.55. The molecule has 1 fully saturated rings. The van der Waals surface area contributed by atoms with Crippen LogP contribution in [0, 0.1) is 0 Å². The minimum atomic E-state index is 0.178. The number of hydrogen-bond acceptors (Lipinski definition) is 4. The summed E-state index contributed by atoms with van der Waals surface area (Å²) in [4.78, 5) is 16.5. The third-order valence-corrected chi connectivity index (χ3v) is 4.07. The van der Waals surface area contributed by atoms with Crippen molar-refractivity contribution in [2.45, 2.75) is 25.8 Å². The van der Waals surface area contributed by atoms with E-state index in [9.17, 15) is 4.79 Å². The summed E-state index contributed by atoms with van der Waals surface area (Å²) in [6.07, 6.45) is 1.49. The van der Waals surface area contributed by atoms with Gasteiger partial charge in [0.1, 0.15) is 5.75 Å². The van der Waals surface area contributed by atoms with Crippen molar-refractivity contribution in [2.24, 2.45) is 0 Å². The molecule has 2 N–H and O–H groups in total. The lowest BCUT2D eigenvalue weighted by Crippen LogP contribution is -2.53. The number of amides is 1. The summed E-state index contributed by atoms with van der Waals surface area (Å²) < 4.78 is 5.58. The quantitative estimate of drug-likeness (QED) is 0.837. The van der Waals surface area contributed by atoms with Crippen LogP contribution in [0.3, 0.4) is 0 Å². The van der Waals surface area contributed by atoms with E-state index in [0.717, 1.165) is 31.8 Å². The number of rotatable bonds is 5. The smallest absolute Gasteiger partial charge is 0.226 e. The van der Waals surface area contributed by atoms with Gasteiger partial charge in [0.25, 0.3) is 0 Å². The van der Waals surface area contributed by atoms with Gasteiger partial charge < -0.3 is 15.4 Å². The highest BCUT2D eigenvalue weighted by Gasteiger charge is 2.25. The highest BCUT2D eigenvalue weighted by atomic mass is 16.5. The third-order valence-electron chi connectivity index (χ3n) is 4.07. The van der Waals surface area contributed by atoms with Gasteiger partial charge in [0.2, 0.25) is 5.91 Å². The molecule has 0 aliphatic carbocycles. The van der Waals surface area contributed by atoms with E-state index in [1.165, 1.54) is 0 Å². The van der Waals surface area contributed by atoms with Crippen LogP contribution in [-0.4, -0.2) is 55.0 Å². The van der Waals surface area contributed by atoms with Crippen LogP contribution in [-0.2, 0) is 4.79 Å². The van der Waals surface area contributed by atoms with Gasteiger partial charge in [-0.25, -0.2) is 0 Å². The van der Waals surface area contributed by atoms with Gasteiger partial charge in [-0.2, -0.15) is 0 Å². The van der Waals surface area contributed by atoms with E-state index in [0.29, 0.717) is 24.8 Å². The molecular weight excluding hydrogens is 266 g/mol. The average molecular weight is 291 g/mol. The number of ether oxygens (including phenoxy) is 1. The maximum atomic E-state index is 12.2. The lowest BCUT2D eigenvalue weighted by molar-refractivity contribution is -0.134. The lowest BCUT2D eigenvalue weighted by atomic mass is 10.1. The predicted octanol–water partition coefficient (Wildman–Crippen LogP) is 1.59. The Morgan fingerprint density at radius 1 is 1.33 bits per heavy atom. The first-order valence-corrected chi connectivity index (χ1v) is 7.56. The SMILES string of the molecule is CCC1CN(C(=O)CCOc2ccc(N)cc2)CCN1C. The first-order valence-electron chi connectivity index (χ1n) is 7.56. The topological polar surface area (TPSA) is 58.8 Å². The monoisotopic (exact) mass is 291 g/mol. The van der Waals surface area contributed by atoms with Gasteiger partial charge >= 0.3 is 0 Å². The Kier molecular flexibility index (Phi) is 5.44. The van der Waals surface area contributed by atoms with Crippen LogP contribution in [0.1, 0.15) is 19.8 Å². The van der Waals surface area contributed by atoms with Crippen molar-refractivity contribution in [3.05, 3.63) is 24.3 Å². The number of carbonyl (C=O) groups is 1. The summed E-state index contributed by atoms with van der Waals surface area (Å²) in [5.74, 6) is 0.929. The minimum Gasteiger partial charge on any atom is -0.493 e. The molecule has 1 aromatic carbocycles. The first-order chi connectivity index (χ1) is 10.1. The van der Waals surface area contributed by atoms with Crippen molar-refractivity contribution in [1.29, 1.82) is 0 Å². The number of nitrogens with two attached hydrogens (primary N) is 1. The molecule has 116 valence electrons. The Morgan fingerprint density at radius 3 is 2.71 bits per heavy atom. The zero-order valence-electron chi connectivity index (χ0n) is 12.9. The Labute approximate surface area is 126 Å². The second kappa shape index (κ2) is 7.31. The van der Waals surface area contributed by atoms with E-state index >= 15 is 0 Å². The van der Waals surface area contributed by atoms with Crippen LogP contribution >= 0.6 is 0 Å². The van der Waals surface area contributed by atoms with Crippen LogP contribution in [0.25, 0.3) is 0 Å². The summed E-state index contributed by atoms with van der Waals surface area (Å²) in [6, 6.07) is 7.71.